The molecule has 0 saturated heterocycles. The van der Waals surface area contributed by atoms with Gasteiger partial charge in [-0.1, -0.05) is 12.1 Å². The van der Waals surface area contributed by atoms with Crippen LogP contribution in [0, 0.1) is 0 Å². The predicted octanol–water partition coefficient (Wildman–Crippen LogP) is 1.29. The summed E-state index contributed by atoms with van der Waals surface area (Å²) in [5, 5.41) is 4.30. The average Bonchev–Trinajstić information content (AvgIpc) is 2.93. The molecule has 1 unspecified atom stereocenters. The molecule has 1 aromatic carbocycles. The number of hydrazine groups is 1. The minimum Gasteiger partial charge on any atom is -0.497 e. The molecular formula is C14H15N5O. The van der Waals surface area contributed by atoms with E-state index in [0.29, 0.717) is 0 Å². The lowest BCUT2D eigenvalue weighted by molar-refractivity contribution is 0.414. The zero-order valence-electron chi connectivity index (χ0n) is 11.0. The van der Waals surface area contributed by atoms with E-state index in [4.69, 9.17) is 10.6 Å². The van der Waals surface area contributed by atoms with Gasteiger partial charge in [0.05, 0.1) is 31.1 Å². The van der Waals surface area contributed by atoms with Gasteiger partial charge in [-0.2, -0.15) is 5.10 Å². The van der Waals surface area contributed by atoms with Gasteiger partial charge in [-0.15, -0.1) is 0 Å². The van der Waals surface area contributed by atoms with Gasteiger partial charge in [-0.25, -0.2) is 9.94 Å². The Hall–Kier alpha value is -2.44. The minimum atomic E-state index is -0.150. The van der Waals surface area contributed by atoms with Crippen molar-refractivity contribution in [2.24, 2.45) is 5.84 Å². The Morgan fingerprint density at radius 1 is 1.25 bits per heavy atom. The second-order valence-corrected chi connectivity index (χ2v) is 4.38. The van der Waals surface area contributed by atoms with Crippen LogP contribution in [-0.2, 0) is 0 Å². The highest BCUT2D eigenvalue weighted by Gasteiger charge is 2.17. The number of nitrogens with two attached hydrogens (primary N) is 1. The number of hydrogen-bond acceptors (Lipinski definition) is 5. The normalized spacial score (nSPS) is 12.5. The number of aromatic nitrogens is 3. The number of nitrogens with zero attached hydrogens (tertiary/aromatic N) is 3. The van der Waals surface area contributed by atoms with E-state index >= 15 is 0 Å². The molecule has 0 aliphatic rings. The monoisotopic (exact) mass is 269 g/mol. The summed E-state index contributed by atoms with van der Waals surface area (Å²) in [5.74, 6) is 6.53. The first-order chi connectivity index (χ1) is 9.83. The first-order valence-electron chi connectivity index (χ1n) is 6.21. The van der Waals surface area contributed by atoms with E-state index in [9.17, 15) is 0 Å². The molecule has 102 valence electrons. The molecule has 0 amide bonds. The molecule has 2 aromatic heterocycles. The summed E-state index contributed by atoms with van der Waals surface area (Å²) in [7, 11) is 1.64. The van der Waals surface area contributed by atoms with Crippen molar-refractivity contribution in [2.75, 3.05) is 7.11 Å². The van der Waals surface area contributed by atoms with Crippen LogP contribution in [0.4, 0.5) is 0 Å². The molecule has 0 bridgehead atoms. The Labute approximate surface area is 116 Å². The quantitative estimate of drug-likeness (QED) is 0.551. The van der Waals surface area contributed by atoms with Crippen molar-refractivity contribution in [1.82, 2.24) is 20.0 Å². The van der Waals surface area contributed by atoms with Crippen LogP contribution < -0.4 is 16.0 Å². The van der Waals surface area contributed by atoms with Gasteiger partial charge < -0.3 is 4.74 Å². The summed E-state index contributed by atoms with van der Waals surface area (Å²) >= 11 is 0. The zero-order chi connectivity index (χ0) is 13.9. The number of hydrogen-bond donors (Lipinski definition) is 2. The molecule has 6 heteroatoms. The molecule has 0 aliphatic carbocycles. The van der Waals surface area contributed by atoms with Crippen molar-refractivity contribution >= 4 is 5.52 Å². The lowest BCUT2D eigenvalue weighted by Crippen LogP contribution is -2.28. The van der Waals surface area contributed by atoms with Crippen LogP contribution in [0.15, 0.2) is 49.1 Å². The average molecular weight is 269 g/mol. The van der Waals surface area contributed by atoms with Crippen molar-refractivity contribution in [3.8, 4) is 5.75 Å². The third-order valence-electron chi connectivity index (χ3n) is 3.28. The number of benzene rings is 1. The molecule has 1 atom stereocenters. The van der Waals surface area contributed by atoms with Gasteiger partial charge in [-0.3, -0.25) is 10.8 Å². The van der Waals surface area contributed by atoms with E-state index in [1.54, 1.807) is 36.4 Å². The van der Waals surface area contributed by atoms with Gasteiger partial charge in [0.15, 0.2) is 0 Å². The third-order valence-corrected chi connectivity index (χ3v) is 3.28. The minimum absolute atomic E-state index is 0.150. The molecule has 2 heterocycles. The van der Waals surface area contributed by atoms with E-state index in [-0.39, 0.29) is 6.04 Å². The Kier molecular flexibility index (Phi) is 3.32. The van der Waals surface area contributed by atoms with Crippen LogP contribution in [0.5, 0.6) is 5.75 Å². The second kappa shape index (κ2) is 5.28. The second-order valence-electron chi connectivity index (χ2n) is 4.38. The largest absolute Gasteiger partial charge is 0.497 e. The molecule has 3 rings (SSSR count). The molecule has 0 fully saturated rings. The number of rotatable bonds is 4. The molecule has 0 aliphatic heterocycles. The van der Waals surface area contributed by atoms with Gasteiger partial charge in [0.1, 0.15) is 5.75 Å². The zero-order valence-corrected chi connectivity index (χ0v) is 11.0. The van der Waals surface area contributed by atoms with Crippen LogP contribution in [0.1, 0.15) is 17.2 Å². The number of fused-ring (bicyclic) bond motifs is 1. The summed E-state index contributed by atoms with van der Waals surface area (Å²) in [6.07, 6.45) is 7.07. The highest BCUT2D eigenvalue weighted by atomic mass is 16.5. The van der Waals surface area contributed by atoms with Crippen molar-refractivity contribution in [3.63, 3.8) is 0 Å². The number of nitrogens with one attached hydrogen (secondary N) is 1. The third kappa shape index (κ3) is 2.11. The van der Waals surface area contributed by atoms with E-state index < -0.39 is 0 Å². The van der Waals surface area contributed by atoms with E-state index in [0.717, 1.165) is 22.4 Å². The molecule has 6 nitrogen and oxygen atoms in total. The molecule has 3 aromatic rings. The Morgan fingerprint density at radius 2 is 2.05 bits per heavy atom. The Balaban J connectivity index is 2.04. The molecule has 3 N–H and O–H groups in total. The topological polar surface area (TPSA) is 77.5 Å². The predicted molar refractivity (Wildman–Crippen MR) is 75.1 cm³/mol. The van der Waals surface area contributed by atoms with Gasteiger partial charge in [0, 0.05) is 18.0 Å². The summed E-state index contributed by atoms with van der Waals surface area (Å²) in [4.78, 5) is 4.13. The van der Waals surface area contributed by atoms with E-state index in [2.05, 4.69) is 15.5 Å². The first-order valence-corrected chi connectivity index (χ1v) is 6.21. The molecule has 0 saturated carbocycles. The van der Waals surface area contributed by atoms with Gasteiger partial charge in [-0.05, 0) is 17.7 Å². The maximum Gasteiger partial charge on any atom is 0.118 e. The fourth-order valence-corrected chi connectivity index (χ4v) is 2.24. The van der Waals surface area contributed by atoms with Crippen LogP contribution in [-0.4, -0.2) is 21.7 Å². The number of ether oxygens (including phenoxy) is 1. The Bertz CT molecular complexity index is 707. The van der Waals surface area contributed by atoms with Crippen molar-refractivity contribution in [3.05, 3.63) is 60.2 Å². The van der Waals surface area contributed by atoms with Gasteiger partial charge in [0.25, 0.3) is 0 Å². The van der Waals surface area contributed by atoms with Crippen molar-refractivity contribution in [2.45, 2.75) is 6.04 Å². The van der Waals surface area contributed by atoms with Gasteiger partial charge >= 0.3 is 0 Å². The van der Waals surface area contributed by atoms with Crippen LogP contribution in [0.3, 0.4) is 0 Å². The Morgan fingerprint density at radius 3 is 2.75 bits per heavy atom. The SMILES string of the molecule is COc1ccc(C(NN)c2cnn3ccncc23)cc1. The molecule has 0 spiro atoms. The molecule has 20 heavy (non-hydrogen) atoms. The van der Waals surface area contributed by atoms with E-state index in [1.165, 1.54) is 0 Å². The number of methoxy groups -OCH3 is 1. The van der Waals surface area contributed by atoms with Gasteiger partial charge in [0.2, 0.25) is 0 Å². The molecular weight excluding hydrogens is 254 g/mol. The maximum atomic E-state index is 5.72. The standard InChI is InChI=1S/C14H15N5O/c1-20-11-4-2-10(3-5-11)14(18-15)12-8-17-19-7-6-16-9-13(12)19/h2-9,14,18H,15H2,1H3. The van der Waals surface area contributed by atoms with Crippen molar-refractivity contribution < 1.29 is 4.74 Å². The van der Waals surface area contributed by atoms with Crippen molar-refractivity contribution in [1.29, 1.82) is 0 Å². The van der Waals surface area contributed by atoms with E-state index in [1.807, 2.05) is 24.3 Å². The van der Waals surface area contributed by atoms with Crippen LogP contribution >= 0.6 is 0 Å². The lowest BCUT2D eigenvalue weighted by Gasteiger charge is -2.15. The van der Waals surface area contributed by atoms with Crippen LogP contribution in [0.25, 0.3) is 5.52 Å². The summed E-state index contributed by atoms with van der Waals surface area (Å²) < 4.78 is 6.94. The smallest absolute Gasteiger partial charge is 0.118 e. The first kappa shape index (κ1) is 12.6. The highest BCUT2D eigenvalue weighted by molar-refractivity contribution is 5.55. The fourth-order valence-electron chi connectivity index (χ4n) is 2.24. The maximum absolute atomic E-state index is 5.72. The molecule has 0 radical (unpaired) electrons. The summed E-state index contributed by atoms with van der Waals surface area (Å²) in [5.41, 5.74) is 5.76. The lowest BCUT2D eigenvalue weighted by atomic mass is 10.0. The van der Waals surface area contributed by atoms with Crippen LogP contribution in [0.2, 0.25) is 0 Å². The summed E-state index contributed by atoms with van der Waals surface area (Å²) in [6, 6.07) is 7.61. The summed E-state index contributed by atoms with van der Waals surface area (Å²) in [6.45, 7) is 0. The highest BCUT2D eigenvalue weighted by Crippen LogP contribution is 2.26. The fraction of sp³-hybridized carbons (Fsp3) is 0.143.